The highest BCUT2D eigenvalue weighted by Crippen LogP contribution is 2.05. The number of rotatable bonds is 3. The van der Waals surface area contributed by atoms with E-state index in [1.807, 2.05) is 24.3 Å². The number of carbonyl (C=O) groups excluding carboxylic acids is 1. The van der Waals surface area contributed by atoms with Crippen molar-refractivity contribution >= 4 is 5.91 Å². The number of hydrogen-bond acceptors (Lipinski definition) is 4. The first kappa shape index (κ1) is 12.7. The molecule has 94 valence electrons. The number of nitriles is 1. The molecule has 2 heterocycles. The van der Waals surface area contributed by atoms with Gasteiger partial charge in [-0.25, -0.2) is 4.98 Å². The number of hydrogen-bond donors (Lipinski definition) is 0. The molecule has 0 fully saturated rings. The molecule has 2 aromatic rings. The van der Waals surface area contributed by atoms with Gasteiger partial charge in [0.15, 0.2) is 0 Å². The standard InChI is InChI=1S/C14H12N4O/c1-18(10-12-5-2-3-8-16-12)14(19)13-7-4-6-11(9-15)17-13/h2-8H,10H2,1H3. The van der Waals surface area contributed by atoms with Crippen LogP contribution < -0.4 is 0 Å². The van der Waals surface area contributed by atoms with Gasteiger partial charge in [0.1, 0.15) is 17.5 Å². The smallest absolute Gasteiger partial charge is 0.272 e. The molecule has 1 amide bonds. The maximum atomic E-state index is 12.1. The van der Waals surface area contributed by atoms with E-state index in [1.165, 1.54) is 4.90 Å². The number of pyridine rings is 2. The van der Waals surface area contributed by atoms with Crippen molar-refractivity contribution in [1.82, 2.24) is 14.9 Å². The quantitative estimate of drug-likeness (QED) is 0.832. The lowest BCUT2D eigenvalue weighted by molar-refractivity contribution is 0.0777. The molecular weight excluding hydrogens is 240 g/mol. The van der Waals surface area contributed by atoms with Crippen molar-refractivity contribution in [2.45, 2.75) is 6.54 Å². The predicted molar refractivity (Wildman–Crippen MR) is 69.0 cm³/mol. The molecule has 0 aliphatic carbocycles. The van der Waals surface area contributed by atoms with Crippen LogP contribution in [0.4, 0.5) is 0 Å². The number of carbonyl (C=O) groups is 1. The molecule has 2 aromatic heterocycles. The van der Waals surface area contributed by atoms with E-state index in [-0.39, 0.29) is 17.3 Å². The first-order chi connectivity index (χ1) is 9.20. The van der Waals surface area contributed by atoms with E-state index in [1.54, 1.807) is 31.4 Å². The Morgan fingerprint density at radius 1 is 1.32 bits per heavy atom. The Balaban J connectivity index is 2.13. The van der Waals surface area contributed by atoms with Crippen molar-refractivity contribution in [3.05, 3.63) is 59.7 Å². The monoisotopic (exact) mass is 252 g/mol. The summed E-state index contributed by atoms with van der Waals surface area (Å²) in [7, 11) is 1.68. The van der Waals surface area contributed by atoms with Crippen molar-refractivity contribution in [3.8, 4) is 6.07 Å². The van der Waals surface area contributed by atoms with Gasteiger partial charge in [0.2, 0.25) is 0 Å². The van der Waals surface area contributed by atoms with E-state index >= 15 is 0 Å². The van der Waals surface area contributed by atoms with Crippen molar-refractivity contribution in [2.24, 2.45) is 0 Å². The molecule has 0 bridgehead atoms. The highest BCUT2D eigenvalue weighted by molar-refractivity contribution is 5.92. The summed E-state index contributed by atoms with van der Waals surface area (Å²) >= 11 is 0. The van der Waals surface area contributed by atoms with E-state index in [2.05, 4.69) is 9.97 Å². The van der Waals surface area contributed by atoms with Gasteiger partial charge in [-0.1, -0.05) is 12.1 Å². The lowest BCUT2D eigenvalue weighted by Gasteiger charge is -2.16. The number of amides is 1. The van der Waals surface area contributed by atoms with Crippen molar-refractivity contribution in [2.75, 3.05) is 7.05 Å². The molecule has 5 nitrogen and oxygen atoms in total. The molecule has 0 N–H and O–H groups in total. The summed E-state index contributed by atoms with van der Waals surface area (Å²) in [4.78, 5) is 21.8. The van der Waals surface area contributed by atoms with Crippen LogP contribution in [0.2, 0.25) is 0 Å². The molecule has 5 heteroatoms. The summed E-state index contributed by atoms with van der Waals surface area (Å²) in [6.07, 6.45) is 1.68. The fraction of sp³-hybridized carbons (Fsp3) is 0.143. The second kappa shape index (κ2) is 5.74. The SMILES string of the molecule is CN(Cc1ccccn1)C(=O)c1cccc(C#N)n1. The van der Waals surface area contributed by atoms with E-state index in [9.17, 15) is 4.79 Å². The van der Waals surface area contributed by atoms with Gasteiger partial charge in [-0.15, -0.1) is 0 Å². The van der Waals surface area contributed by atoms with Gasteiger partial charge in [-0.05, 0) is 24.3 Å². The van der Waals surface area contributed by atoms with Crippen LogP contribution in [0.1, 0.15) is 21.9 Å². The molecule has 0 radical (unpaired) electrons. The molecule has 2 rings (SSSR count). The van der Waals surface area contributed by atoms with Crippen LogP contribution in [0.15, 0.2) is 42.6 Å². The Hall–Kier alpha value is -2.74. The highest BCUT2D eigenvalue weighted by atomic mass is 16.2. The third-order valence-corrected chi connectivity index (χ3v) is 2.55. The first-order valence-electron chi connectivity index (χ1n) is 5.73. The van der Waals surface area contributed by atoms with Crippen LogP contribution in [0, 0.1) is 11.3 Å². The Morgan fingerprint density at radius 2 is 2.16 bits per heavy atom. The largest absolute Gasteiger partial charge is 0.334 e. The zero-order valence-electron chi connectivity index (χ0n) is 10.4. The molecule has 0 unspecified atom stereocenters. The minimum absolute atomic E-state index is 0.233. The van der Waals surface area contributed by atoms with Gasteiger partial charge >= 0.3 is 0 Å². The fourth-order valence-corrected chi connectivity index (χ4v) is 1.62. The minimum atomic E-state index is -0.234. The van der Waals surface area contributed by atoms with Crippen LogP contribution in [0.3, 0.4) is 0 Å². The van der Waals surface area contributed by atoms with Crippen molar-refractivity contribution in [1.29, 1.82) is 5.26 Å². The van der Waals surface area contributed by atoms with E-state index in [0.29, 0.717) is 6.54 Å². The minimum Gasteiger partial charge on any atom is -0.334 e. The van der Waals surface area contributed by atoms with Gasteiger partial charge in [0.25, 0.3) is 5.91 Å². The van der Waals surface area contributed by atoms with Crippen LogP contribution in [0.25, 0.3) is 0 Å². The van der Waals surface area contributed by atoms with Crippen LogP contribution in [-0.4, -0.2) is 27.8 Å². The topological polar surface area (TPSA) is 69.9 Å². The highest BCUT2D eigenvalue weighted by Gasteiger charge is 2.14. The lowest BCUT2D eigenvalue weighted by Crippen LogP contribution is -2.27. The van der Waals surface area contributed by atoms with Gasteiger partial charge < -0.3 is 4.90 Å². The van der Waals surface area contributed by atoms with Gasteiger partial charge in [0.05, 0.1) is 12.2 Å². The van der Waals surface area contributed by atoms with Gasteiger partial charge in [-0.3, -0.25) is 9.78 Å². The maximum Gasteiger partial charge on any atom is 0.272 e. The summed E-state index contributed by atoms with van der Waals surface area (Å²) in [5, 5.41) is 8.77. The summed E-state index contributed by atoms with van der Waals surface area (Å²) in [5.74, 6) is -0.234. The average molecular weight is 252 g/mol. The Kier molecular flexibility index (Phi) is 3.84. The van der Waals surface area contributed by atoms with Crippen LogP contribution >= 0.6 is 0 Å². The molecule has 0 aliphatic heterocycles. The maximum absolute atomic E-state index is 12.1. The van der Waals surface area contributed by atoms with Crippen molar-refractivity contribution < 1.29 is 4.79 Å². The van der Waals surface area contributed by atoms with Crippen molar-refractivity contribution in [3.63, 3.8) is 0 Å². The molecular formula is C14H12N4O. The molecule has 0 saturated heterocycles. The summed E-state index contributed by atoms with van der Waals surface area (Å²) in [5.41, 5.74) is 1.30. The Bertz CT molecular complexity index is 619. The van der Waals surface area contributed by atoms with Gasteiger partial charge in [0, 0.05) is 13.2 Å². The Labute approximate surface area is 111 Å². The molecule has 0 aliphatic rings. The van der Waals surface area contributed by atoms with E-state index < -0.39 is 0 Å². The van der Waals surface area contributed by atoms with Gasteiger partial charge in [-0.2, -0.15) is 5.26 Å². The molecule has 0 spiro atoms. The Morgan fingerprint density at radius 3 is 2.84 bits per heavy atom. The second-order valence-corrected chi connectivity index (χ2v) is 4.00. The molecule has 0 aromatic carbocycles. The summed E-state index contributed by atoms with van der Waals surface area (Å²) < 4.78 is 0. The zero-order valence-corrected chi connectivity index (χ0v) is 10.4. The molecule has 0 saturated carbocycles. The lowest BCUT2D eigenvalue weighted by atomic mass is 10.2. The molecule has 19 heavy (non-hydrogen) atoms. The average Bonchev–Trinajstić information content (AvgIpc) is 2.47. The van der Waals surface area contributed by atoms with E-state index in [4.69, 9.17) is 5.26 Å². The third-order valence-electron chi connectivity index (χ3n) is 2.55. The third kappa shape index (κ3) is 3.13. The van der Waals surface area contributed by atoms with Crippen LogP contribution in [-0.2, 0) is 6.54 Å². The normalized spacial score (nSPS) is 9.68. The summed E-state index contributed by atoms with van der Waals surface area (Å²) in [6.45, 7) is 0.401. The summed E-state index contributed by atoms with van der Waals surface area (Å²) in [6, 6.07) is 12.3. The number of nitrogens with zero attached hydrogens (tertiary/aromatic N) is 4. The fourth-order valence-electron chi connectivity index (χ4n) is 1.62. The van der Waals surface area contributed by atoms with Crippen LogP contribution in [0.5, 0.6) is 0 Å². The first-order valence-corrected chi connectivity index (χ1v) is 5.73. The zero-order chi connectivity index (χ0) is 13.7. The predicted octanol–water partition coefficient (Wildman–Crippen LogP) is 1.62. The molecule has 0 atom stereocenters. The second-order valence-electron chi connectivity index (χ2n) is 4.00. The number of aromatic nitrogens is 2. The van der Waals surface area contributed by atoms with E-state index in [0.717, 1.165) is 5.69 Å².